The first-order valence-corrected chi connectivity index (χ1v) is 7.92. The Morgan fingerprint density at radius 2 is 1.74 bits per heavy atom. The van der Waals surface area contributed by atoms with Crippen LogP contribution >= 0.6 is 11.8 Å². The molecule has 0 aliphatic rings. The second kappa shape index (κ2) is 7.11. The zero-order valence-corrected chi connectivity index (χ0v) is 13.3. The molecule has 0 aliphatic heterocycles. The second-order valence-corrected chi connectivity index (χ2v) is 5.81. The van der Waals surface area contributed by atoms with Crippen LogP contribution in [0, 0.1) is 0 Å². The maximum Gasteiger partial charge on any atom is 0.323 e. The van der Waals surface area contributed by atoms with E-state index in [1.807, 2.05) is 60.7 Å². The second-order valence-electron chi connectivity index (χ2n) is 4.74. The van der Waals surface area contributed by atoms with E-state index in [2.05, 4.69) is 10.1 Å². The van der Waals surface area contributed by atoms with Crippen LogP contribution in [-0.4, -0.2) is 27.8 Å². The fourth-order valence-electron chi connectivity index (χ4n) is 2.10. The van der Waals surface area contributed by atoms with Gasteiger partial charge in [0.1, 0.15) is 11.6 Å². The SMILES string of the molecule is COC(=O)C(Sc1ncn(-c2ccccc2)n1)c1ccccc1. The average molecular weight is 325 g/mol. The van der Waals surface area contributed by atoms with E-state index >= 15 is 0 Å². The highest BCUT2D eigenvalue weighted by molar-refractivity contribution is 8.00. The monoisotopic (exact) mass is 325 g/mol. The van der Waals surface area contributed by atoms with Gasteiger partial charge in [0.2, 0.25) is 5.16 Å². The van der Waals surface area contributed by atoms with Crippen LogP contribution in [0.25, 0.3) is 5.69 Å². The van der Waals surface area contributed by atoms with Crippen molar-refractivity contribution in [2.45, 2.75) is 10.4 Å². The molecular formula is C17H15N3O2S. The Hall–Kier alpha value is -2.60. The Labute approximate surface area is 138 Å². The number of esters is 1. The van der Waals surface area contributed by atoms with Gasteiger partial charge in [-0.2, -0.15) is 0 Å². The molecule has 3 aromatic rings. The molecule has 1 heterocycles. The van der Waals surface area contributed by atoms with Crippen LogP contribution in [0.15, 0.2) is 72.1 Å². The van der Waals surface area contributed by atoms with Gasteiger partial charge in [-0.1, -0.05) is 60.3 Å². The molecule has 1 aromatic heterocycles. The van der Waals surface area contributed by atoms with E-state index in [0.29, 0.717) is 5.16 Å². The van der Waals surface area contributed by atoms with Crippen molar-refractivity contribution in [1.29, 1.82) is 0 Å². The van der Waals surface area contributed by atoms with Crippen LogP contribution < -0.4 is 0 Å². The van der Waals surface area contributed by atoms with Crippen LogP contribution in [0.4, 0.5) is 0 Å². The van der Waals surface area contributed by atoms with E-state index in [1.54, 1.807) is 11.0 Å². The first-order valence-electron chi connectivity index (χ1n) is 7.04. The zero-order chi connectivity index (χ0) is 16.1. The molecule has 23 heavy (non-hydrogen) atoms. The number of hydrogen-bond acceptors (Lipinski definition) is 5. The molecular weight excluding hydrogens is 310 g/mol. The van der Waals surface area contributed by atoms with Crippen molar-refractivity contribution >= 4 is 17.7 Å². The fourth-order valence-corrected chi connectivity index (χ4v) is 3.04. The van der Waals surface area contributed by atoms with Gasteiger partial charge in [0.05, 0.1) is 12.8 Å². The number of hydrogen-bond donors (Lipinski definition) is 0. The highest BCUT2D eigenvalue weighted by Crippen LogP contribution is 2.34. The Kier molecular flexibility index (Phi) is 4.73. The summed E-state index contributed by atoms with van der Waals surface area (Å²) >= 11 is 1.27. The lowest BCUT2D eigenvalue weighted by Crippen LogP contribution is -2.11. The number of carbonyl (C=O) groups is 1. The number of benzene rings is 2. The third-order valence-corrected chi connectivity index (χ3v) is 4.33. The number of para-hydroxylation sites is 1. The molecule has 0 spiro atoms. The molecule has 0 bridgehead atoms. The van der Waals surface area contributed by atoms with E-state index in [1.165, 1.54) is 18.9 Å². The number of nitrogens with zero attached hydrogens (tertiary/aromatic N) is 3. The van der Waals surface area contributed by atoms with E-state index in [0.717, 1.165) is 11.3 Å². The summed E-state index contributed by atoms with van der Waals surface area (Å²) in [6.45, 7) is 0. The highest BCUT2D eigenvalue weighted by atomic mass is 32.2. The predicted molar refractivity (Wildman–Crippen MR) is 88.4 cm³/mol. The Balaban J connectivity index is 1.84. The summed E-state index contributed by atoms with van der Waals surface area (Å²) in [6, 6.07) is 19.2. The fraction of sp³-hybridized carbons (Fsp3) is 0.118. The summed E-state index contributed by atoms with van der Waals surface area (Å²) in [5.74, 6) is -0.322. The van der Waals surface area contributed by atoms with Gasteiger partial charge in [-0.05, 0) is 17.7 Å². The lowest BCUT2D eigenvalue weighted by molar-refractivity contribution is -0.140. The van der Waals surface area contributed by atoms with E-state index in [-0.39, 0.29) is 5.97 Å². The van der Waals surface area contributed by atoms with Gasteiger partial charge in [0, 0.05) is 0 Å². The topological polar surface area (TPSA) is 57.0 Å². The molecule has 0 aliphatic carbocycles. The molecule has 116 valence electrons. The first-order chi connectivity index (χ1) is 11.3. The lowest BCUT2D eigenvalue weighted by atomic mass is 10.1. The molecule has 1 atom stereocenters. The predicted octanol–water partition coefficient (Wildman–Crippen LogP) is 3.27. The molecule has 0 fully saturated rings. The van der Waals surface area contributed by atoms with Gasteiger partial charge >= 0.3 is 5.97 Å². The maximum absolute atomic E-state index is 12.1. The smallest absolute Gasteiger partial charge is 0.323 e. The molecule has 0 saturated carbocycles. The van der Waals surface area contributed by atoms with Crippen LogP contribution in [0.2, 0.25) is 0 Å². The molecule has 2 aromatic carbocycles. The molecule has 0 saturated heterocycles. The van der Waals surface area contributed by atoms with Gasteiger partial charge in [-0.25, -0.2) is 9.67 Å². The standard InChI is InChI=1S/C17H15N3O2S/c1-22-16(21)15(13-8-4-2-5-9-13)23-17-18-12-20(19-17)14-10-6-3-7-11-14/h2-12,15H,1H3. The number of carbonyl (C=O) groups excluding carboxylic acids is 1. The minimum atomic E-state index is -0.493. The van der Waals surface area contributed by atoms with E-state index < -0.39 is 5.25 Å². The maximum atomic E-state index is 12.1. The number of ether oxygens (including phenoxy) is 1. The summed E-state index contributed by atoms with van der Waals surface area (Å²) in [7, 11) is 1.38. The largest absolute Gasteiger partial charge is 0.468 e. The van der Waals surface area contributed by atoms with Crippen molar-refractivity contribution in [3.05, 3.63) is 72.6 Å². The zero-order valence-electron chi connectivity index (χ0n) is 12.5. The summed E-state index contributed by atoms with van der Waals surface area (Å²) < 4.78 is 6.59. The van der Waals surface area contributed by atoms with Crippen molar-refractivity contribution in [3.63, 3.8) is 0 Å². The van der Waals surface area contributed by atoms with Crippen molar-refractivity contribution < 1.29 is 9.53 Å². The van der Waals surface area contributed by atoms with Gasteiger partial charge in [0.25, 0.3) is 0 Å². The quantitative estimate of drug-likeness (QED) is 0.532. The third kappa shape index (κ3) is 3.60. The van der Waals surface area contributed by atoms with Crippen molar-refractivity contribution in [1.82, 2.24) is 14.8 Å². The lowest BCUT2D eigenvalue weighted by Gasteiger charge is -2.12. The molecule has 3 rings (SSSR count). The van der Waals surface area contributed by atoms with Crippen LogP contribution in [-0.2, 0) is 9.53 Å². The number of aromatic nitrogens is 3. The normalized spacial score (nSPS) is 11.9. The van der Waals surface area contributed by atoms with Gasteiger partial charge in [0.15, 0.2) is 0 Å². The van der Waals surface area contributed by atoms with Gasteiger partial charge in [-0.3, -0.25) is 4.79 Å². The molecule has 5 nitrogen and oxygen atoms in total. The summed E-state index contributed by atoms with van der Waals surface area (Å²) in [4.78, 5) is 16.4. The molecule has 0 radical (unpaired) electrons. The minimum absolute atomic E-state index is 0.322. The van der Waals surface area contributed by atoms with Crippen molar-refractivity contribution in [3.8, 4) is 5.69 Å². The van der Waals surface area contributed by atoms with E-state index in [9.17, 15) is 4.79 Å². The number of rotatable bonds is 5. The molecule has 0 N–H and O–H groups in total. The van der Waals surface area contributed by atoms with Crippen LogP contribution in [0.3, 0.4) is 0 Å². The van der Waals surface area contributed by atoms with Gasteiger partial charge in [-0.15, -0.1) is 5.10 Å². The van der Waals surface area contributed by atoms with Crippen LogP contribution in [0.1, 0.15) is 10.8 Å². The minimum Gasteiger partial charge on any atom is -0.468 e. The van der Waals surface area contributed by atoms with Crippen LogP contribution in [0.5, 0.6) is 0 Å². The molecule has 1 unspecified atom stereocenters. The number of thioether (sulfide) groups is 1. The average Bonchev–Trinajstić information content (AvgIpc) is 3.09. The molecule has 0 amide bonds. The first kappa shape index (κ1) is 15.3. The Morgan fingerprint density at radius 1 is 1.09 bits per heavy atom. The number of methoxy groups -OCH3 is 1. The Bertz CT molecular complexity index is 775. The summed E-state index contributed by atoms with van der Waals surface area (Å²) in [5, 5.41) is 4.45. The van der Waals surface area contributed by atoms with Crippen molar-refractivity contribution in [2.75, 3.05) is 7.11 Å². The molecule has 6 heteroatoms. The Morgan fingerprint density at radius 3 is 2.39 bits per heavy atom. The summed E-state index contributed by atoms with van der Waals surface area (Å²) in [5.41, 5.74) is 1.78. The van der Waals surface area contributed by atoms with Gasteiger partial charge < -0.3 is 4.74 Å². The summed E-state index contributed by atoms with van der Waals surface area (Å²) in [6.07, 6.45) is 1.64. The highest BCUT2D eigenvalue weighted by Gasteiger charge is 2.24. The third-order valence-electron chi connectivity index (χ3n) is 3.23. The van der Waals surface area contributed by atoms with Crippen molar-refractivity contribution in [2.24, 2.45) is 0 Å². The van der Waals surface area contributed by atoms with E-state index in [4.69, 9.17) is 4.74 Å².